The molecule has 3 aromatic carbocycles. The van der Waals surface area contributed by atoms with E-state index >= 15 is 0 Å². The Morgan fingerprint density at radius 2 is 1.56 bits per heavy atom. The Morgan fingerprint density at radius 3 is 2.15 bits per heavy atom. The van der Waals surface area contributed by atoms with Crippen LogP contribution in [0.4, 0.5) is 22.7 Å². The van der Waals surface area contributed by atoms with Crippen LogP contribution in [0.2, 0.25) is 0 Å². The number of likely N-dealkylation sites (N-methyl/N-ethyl adjacent to an activating group) is 1. The largest absolute Gasteiger partial charge is 0.481 e. The molecular weight excluding hydrogens is 500 g/mol. The smallest absolute Gasteiger partial charge is 0.342 e. The molecular formula is C29H26N4O6. The number of carbonyl (C=O) groups excluding carboxylic acids is 1. The number of carbonyl (C=O) groups is 1. The van der Waals surface area contributed by atoms with Gasteiger partial charge in [0.15, 0.2) is 0 Å². The molecule has 198 valence electrons. The highest BCUT2D eigenvalue weighted by Crippen LogP contribution is 2.26. The second-order valence-corrected chi connectivity index (χ2v) is 7.85. The van der Waals surface area contributed by atoms with E-state index in [0.717, 1.165) is 5.69 Å². The van der Waals surface area contributed by atoms with Crippen LogP contribution in [0.15, 0.2) is 77.0 Å². The third-order valence-corrected chi connectivity index (χ3v) is 5.34. The molecule has 0 aliphatic heterocycles. The number of esters is 1. The molecule has 10 heteroatoms. The predicted molar refractivity (Wildman–Crippen MR) is 147 cm³/mol. The van der Waals surface area contributed by atoms with Gasteiger partial charge in [0.1, 0.15) is 36.9 Å². The maximum Gasteiger partial charge on any atom is 0.342 e. The summed E-state index contributed by atoms with van der Waals surface area (Å²) >= 11 is 0. The first-order valence-electron chi connectivity index (χ1n) is 11.9. The molecule has 0 aliphatic rings. The fourth-order valence-electron chi connectivity index (χ4n) is 3.41. The fourth-order valence-corrected chi connectivity index (χ4v) is 3.41. The zero-order valence-corrected chi connectivity index (χ0v) is 21.3. The van der Waals surface area contributed by atoms with Crippen molar-refractivity contribution in [3.05, 3.63) is 82.4 Å². The van der Waals surface area contributed by atoms with Gasteiger partial charge in [-0.05, 0) is 61.5 Å². The van der Waals surface area contributed by atoms with E-state index in [-0.39, 0.29) is 36.8 Å². The summed E-state index contributed by atoms with van der Waals surface area (Å²) in [5, 5.41) is 19.0. The lowest BCUT2D eigenvalue weighted by Gasteiger charge is -2.23. The van der Waals surface area contributed by atoms with Crippen LogP contribution < -0.4 is 14.4 Å². The van der Waals surface area contributed by atoms with Crippen molar-refractivity contribution in [2.45, 2.75) is 6.92 Å². The molecule has 0 saturated carbocycles. The van der Waals surface area contributed by atoms with Gasteiger partial charge >= 0.3 is 5.97 Å². The molecule has 10 nitrogen and oxygen atoms in total. The number of anilines is 1. The molecule has 0 atom stereocenters. The average Bonchev–Trinajstić information content (AvgIpc) is 2.96. The highest BCUT2D eigenvalue weighted by molar-refractivity contribution is 5.93. The predicted octanol–water partition coefficient (Wildman–Crippen LogP) is 5.72. The Morgan fingerprint density at radius 1 is 0.949 bits per heavy atom. The van der Waals surface area contributed by atoms with Crippen molar-refractivity contribution in [1.82, 2.24) is 0 Å². The van der Waals surface area contributed by atoms with Gasteiger partial charge in [-0.1, -0.05) is 11.8 Å². The third kappa shape index (κ3) is 8.34. The van der Waals surface area contributed by atoms with Crippen LogP contribution in [-0.2, 0) is 4.74 Å². The van der Waals surface area contributed by atoms with Gasteiger partial charge in [0.2, 0.25) is 0 Å². The van der Waals surface area contributed by atoms with Crippen molar-refractivity contribution in [1.29, 1.82) is 0 Å². The molecule has 0 fully saturated rings. The van der Waals surface area contributed by atoms with Crippen LogP contribution in [0.3, 0.4) is 0 Å². The second kappa shape index (κ2) is 14.4. The Balaban J connectivity index is 1.59. The number of nitro groups is 1. The summed E-state index contributed by atoms with van der Waals surface area (Å²) in [4.78, 5) is 25.1. The standard InChI is InChI=1S/C29H26N4O6/c1-4-18-37-26-15-16-28(38-19-5-2)27(21-26)29(34)39-20-17-32(6-3)24-11-7-22(8-12-24)30-31-23-9-13-25(14-10-23)33(35)36/h1-2,7-16,21H,6,17-20H2,3H3. The molecule has 39 heavy (non-hydrogen) atoms. The average molecular weight is 527 g/mol. The van der Waals surface area contributed by atoms with Crippen LogP contribution >= 0.6 is 0 Å². The number of terminal acetylenes is 2. The highest BCUT2D eigenvalue weighted by atomic mass is 16.6. The molecule has 0 bridgehead atoms. The molecule has 0 N–H and O–H groups in total. The lowest BCUT2D eigenvalue weighted by molar-refractivity contribution is -0.384. The maximum absolute atomic E-state index is 12.8. The molecule has 3 aromatic rings. The summed E-state index contributed by atoms with van der Waals surface area (Å²) in [7, 11) is 0. The minimum Gasteiger partial charge on any atom is -0.481 e. The zero-order chi connectivity index (χ0) is 28.0. The Hall–Kier alpha value is -5.35. The molecule has 0 saturated heterocycles. The fraction of sp³-hybridized carbons (Fsp3) is 0.207. The summed E-state index contributed by atoms with van der Waals surface area (Å²) < 4.78 is 16.4. The first kappa shape index (κ1) is 28.2. The number of non-ortho nitro benzene ring substituents is 1. The van der Waals surface area contributed by atoms with E-state index in [4.69, 9.17) is 27.1 Å². The molecule has 0 aliphatic carbocycles. The van der Waals surface area contributed by atoms with Gasteiger partial charge in [0, 0.05) is 24.4 Å². The molecule has 0 aromatic heterocycles. The normalized spacial score (nSPS) is 10.3. The van der Waals surface area contributed by atoms with Crippen LogP contribution in [0, 0.1) is 34.8 Å². The van der Waals surface area contributed by atoms with Crippen molar-refractivity contribution in [2.75, 3.05) is 37.8 Å². The molecule has 0 spiro atoms. The number of ether oxygens (including phenoxy) is 3. The molecule has 0 heterocycles. The lowest BCUT2D eigenvalue weighted by Crippen LogP contribution is -2.28. The van der Waals surface area contributed by atoms with E-state index in [1.54, 1.807) is 24.3 Å². The van der Waals surface area contributed by atoms with Crippen LogP contribution in [0.25, 0.3) is 0 Å². The number of hydrogen-bond donors (Lipinski definition) is 0. The first-order chi connectivity index (χ1) is 18.9. The number of nitro benzene ring substituents is 1. The van der Waals surface area contributed by atoms with E-state index in [2.05, 4.69) is 22.1 Å². The van der Waals surface area contributed by atoms with Gasteiger partial charge in [-0.15, -0.1) is 12.8 Å². The minimum absolute atomic E-state index is 0.00209. The zero-order valence-electron chi connectivity index (χ0n) is 21.3. The van der Waals surface area contributed by atoms with E-state index in [9.17, 15) is 14.9 Å². The van der Waals surface area contributed by atoms with E-state index in [1.807, 2.05) is 24.0 Å². The minimum atomic E-state index is -0.578. The van der Waals surface area contributed by atoms with Gasteiger partial charge < -0.3 is 19.1 Å². The summed E-state index contributed by atoms with van der Waals surface area (Å²) in [5.74, 6) is 4.86. The van der Waals surface area contributed by atoms with Gasteiger partial charge in [-0.2, -0.15) is 10.2 Å². The number of azo groups is 1. The Kier molecular flexibility index (Phi) is 10.4. The lowest BCUT2D eigenvalue weighted by atomic mass is 10.2. The Bertz CT molecular complexity index is 1390. The SMILES string of the molecule is C#CCOc1ccc(OCC#C)c(C(=O)OCCN(CC)c2ccc(N=Nc3ccc([N+](=O)[O-])cc3)cc2)c1. The van der Waals surface area contributed by atoms with E-state index in [1.165, 1.54) is 30.3 Å². The monoisotopic (exact) mass is 526 g/mol. The van der Waals surface area contributed by atoms with Gasteiger partial charge in [-0.25, -0.2) is 4.79 Å². The summed E-state index contributed by atoms with van der Waals surface area (Å²) in [6.45, 7) is 3.28. The van der Waals surface area contributed by atoms with Crippen LogP contribution in [0.5, 0.6) is 11.5 Å². The second-order valence-electron chi connectivity index (χ2n) is 7.85. The van der Waals surface area contributed by atoms with Crippen LogP contribution in [-0.4, -0.2) is 43.8 Å². The third-order valence-electron chi connectivity index (χ3n) is 5.34. The van der Waals surface area contributed by atoms with Crippen molar-refractivity contribution >= 4 is 28.7 Å². The first-order valence-corrected chi connectivity index (χ1v) is 11.9. The number of rotatable bonds is 13. The van der Waals surface area contributed by atoms with Gasteiger partial charge in [-0.3, -0.25) is 10.1 Å². The summed E-state index contributed by atoms with van der Waals surface area (Å²) in [6.07, 6.45) is 10.5. The van der Waals surface area contributed by atoms with Crippen molar-refractivity contribution in [3.63, 3.8) is 0 Å². The van der Waals surface area contributed by atoms with Crippen molar-refractivity contribution < 1.29 is 23.9 Å². The number of benzene rings is 3. The summed E-state index contributed by atoms with van der Waals surface area (Å²) in [6, 6.07) is 17.9. The summed E-state index contributed by atoms with van der Waals surface area (Å²) in [5.41, 5.74) is 2.20. The quantitative estimate of drug-likeness (QED) is 0.0920. The van der Waals surface area contributed by atoms with Crippen molar-refractivity contribution in [2.24, 2.45) is 10.2 Å². The highest BCUT2D eigenvalue weighted by Gasteiger charge is 2.17. The number of hydrogen-bond acceptors (Lipinski definition) is 9. The molecule has 0 unspecified atom stereocenters. The molecule has 0 amide bonds. The van der Waals surface area contributed by atoms with Gasteiger partial charge in [0.25, 0.3) is 5.69 Å². The molecule has 3 rings (SSSR count). The van der Waals surface area contributed by atoms with Crippen molar-refractivity contribution in [3.8, 4) is 36.2 Å². The topological polar surface area (TPSA) is 116 Å². The van der Waals surface area contributed by atoms with Gasteiger partial charge in [0.05, 0.1) is 22.8 Å². The Labute approximate surface area is 226 Å². The number of nitrogens with zero attached hydrogens (tertiary/aromatic N) is 4. The van der Waals surface area contributed by atoms with E-state index in [0.29, 0.717) is 30.2 Å². The van der Waals surface area contributed by atoms with Crippen LogP contribution in [0.1, 0.15) is 17.3 Å². The van der Waals surface area contributed by atoms with E-state index < -0.39 is 10.9 Å². The molecule has 0 radical (unpaired) electrons. The maximum atomic E-state index is 12.8.